The Kier molecular flexibility index (Phi) is 4.53. The number of halogens is 1. The van der Waals surface area contributed by atoms with Crippen LogP contribution in [0.5, 0.6) is 0 Å². The van der Waals surface area contributed by atoms with Crippen LogP contribution in [0.3, 0.4) is 0 Å². The van der Waals surface area contributed by atoms with E-state index in [1.54, 1.807) is 0 Å². The molecule has 1 fully saturated rings. The molecule has 0 spiro atoms. The Bertz CT molecular complexity index is 368. The van der Waals surface area contributed by atoms with E-state index in [1.165, 1.54) is 0 Å². The first-order valence-electron chi connectivity index (χ1n) is 5.86. The van der Waals surface area contributed by atoms with E-state index in [2.05, 4.69) is 20.2 Å². The van der Waals surface area contributed by atoms with Crippen LogP contribution >= 0.6 is 11.6 Å². The molecule has 1 N–H and O–H groups in total. The van der Waals surface area contributed by atoms with Crippen molar-refractivity contribution in [3.8, 4) is 0 Å². The van der Waals surface area contributed by atoms with Crippen LogP contribution in [-0.2, 0) is 11.3 Å². The molecule has 0 radical (unpaired) electrons. The molecule has 5 nitrogen and oxygen atoms in total. The van der Waals surface area contributed by atoms with Gasteiger partial charge in [-0.15, -0.1) is 0 Å². The first-order valence-corrected chi connectivity index (χ1v) is 6.24. The van der Waals surface area contributed by atoms with E-state index in [0.29, 0.717) is 24.2 Å². The second-order valence-electron chi connectivity index (χ2n) is 3.84. The fourth-order valence-electron chi connectivity index (χ4n) is 1.77. The molecule has 6 heteroatoms. The van der Waals surface area contributed by atoms with E-state index >= 15 is 0 Å². The molecule has 0 saturated carbocycles. The van der Waals surface area contributed by atoms with Gasteiger partial charge >= 0.3 is 0 Å². The third kappa shape index (κ3) is 3.52. The van der Waals surface area contributed by atoms with Crippen molar-refractivity contribution in [2.24, 2.45) is 0 Å². The maximum atomic E-state index is 6.00. The lowest BCUT2D eigenvalue weighted by Crippen LogP contribution is -2.44. The molecule has 0 aromatic carbocycles. The highest BCUT2D eigenvalue weighted by Crippen LogP contribution is 2.16. The van der Waals surface area contributed by atoms with Crippen molar-refractivity contribution in [3.05, 3.63) is 17.0 Å². The normalized spacial score (nSPS) is 16.2. The number of nitrogens with zero attached hydrogens (tertiary/aromatic N) is 3. The summed E-state index contributed by atoms with van der Waals surface area (Å²) in [6.45, 7) is 6.85. The quantitative estimate of drug-likeness (QED) is 0.817. The molecule has 1 aliphatic rings. The summed E-state index contributed by atoms with van der Waals surface area (Å²) in [5, 5.41) is 3.78. The van der Waals surface area contributed by atoms with Crippen molar-refractivity contribution in [1.82, 2.24) is 15.3 Å². The first kappa shape index (κ1) is 12.5. The zero-order valence-electron chi connectivity index (χ0n) is 9.95. The molecule has 2 heterocycles. The van der Waals surface area contributed by atoms with Gasteiger partial charge in [0.25, 0.3) is 0 Å². The topological polar surface area (TPSA) is 50.3 Å². The van der Waals surface area contributed by atoms with Crippen LogP contribution in [0.2, 0.25) is 5.15 Å². The Morgan fingerprint density at radius 2 is 2.18 bits per heavy atom. The van der Waals surface area contributed by atoms with E-state index in [9.17, 15) is 0 Å². The zero-order valence-corrected chi connectivity index (χ0v) is 10.7. The molecule has 17 heavy (non-hydrogen) atoms. The molecule has 0 bridgehead atoms. The van der Waals surface area contributed by atoms with Gasteiger partial charge in [0.05, 0.1) is 0 Å². The number of hydrogen-bond donors (Lipinski definition) is 1. The maximum absolute atomic E-state index is 6.00. The maximum Gasteiger partial charge on any atom is 0.158 e. The highest BCUT2D eigenvalue weighted by Gasteiger charge is 2.13. The average molecular weight is 257 g/mol. The van der Waals surface area contributed by atoms with Gasteiger partial charge < -0.3 is 15.0 Å². The minimum atomic E-state index is 0.413. The van der Waals surface area contributed by atoms with Crippen LogP contribution in [0.4, 0.5) is 5.82 Å². The van der Waals surface area contributed by atoms with E-state index < -0.39 is 0 Å². The van der Waals surface area contributed by atoms with Crippen LogP contribution in [0, 0.1) is 0 Å². The fourth-order valence-corrected chi connectivity index (χ4v) is 1.96. The predicted molar refractivity (Wildman–Crippen MR) is 67.5 cm³/mol. The Hall–Kier alpha value is -0.910. The summed E-state index contributed by atoms with van der Waals surface area (Å²) in [7, 11) is 0. The molecule has 0 unspecified atom stereocenters. The molecular formula is C11H17ClN4O. The summed E-state index contributed by atoms with van der Waals surface area (Å²) in [5.74, 6) is 1.54. The number of ether oxygens (including phenoxy) is 1. The minimum Gasteiger partial charge on any atom is -0.374 e. The molecule has 1 saturated heterocycles. The van der Waals surface area contributed by atoms with Gasteiger partial charge in [-0.05, 0) is 6.92 Å². The van der Waals surface area contributed by atoms with Gasteiger partial charge in [-0.25, -0.2) is 9.97 Å². The molecule has 0 amide bonds. The lowest BCUT2D eigenvalue weighted by molar-refractivity contribution is 0.128. The van der Waals surface area contributed by atoms with Crippen molar-refractivity contribution in [1.29, 1.82) is 0 Å². The van der Waals surface area contributed by atoms with E-state index in [-0.39, 0.29) is 0 Å². The smallest absolute Gasteiger partial charge is 0.158 e. The van der Waals surface area contributed by atoms with Crippen LogP contribution in [0.15, 0.2) is 6.07 Å². The summed E-state index contributed by atoms with van der Waals surface area (Å²) in [4.78, 5) is 10.8. The first-order chi connectivity index (χ1) is 8.29. The second kappa shape index (κ2) is 6.14. The average Bonchev–Trinajstić information content (AvgIpc) is 2.37. The van der Waals surface area contributed by atoms with Crippen molar-refractivity contribution in [3.63, 3.8) is 0 Å². The summed E-state index contributed by atoms with van der Waals surface area (Å²) >= 11 is 6.00. The number of rotatable bonds is 4. The summed E-state index contributed by atoms with van der Waals surface area (Å²) < 4.78 is 5.30. The van der Waals surface area contributed by atoms with Gasteiger partial charge in [-0.3, -0.25) is 0 Å². The lowest BCUT2D eigenvalue weighted by atomic mass is 10.3. The minimum absolute atomic E-state index is 0.413. The van der Waals surface area contributed by atoms with Crippen LogP contribution < -0.4 is 10.2 Å². The van der Waals surface area contributed by atoms with Crippen molar-refractivity contribution in [2.75, 3.05) is 37.7 Å². The molecule has 94 valence electrons. The molecule has 0 aliphatic carbocycles. The monoisotopic (exact) mass is 256 g/mol. The van der Waals surface area contributed by atoms with Crippen LogP contribution in [0.1, 0.15) is 12.7 Å². The number of aromatic nitrogens is 2. The lowest BCUT2D eigenvalue weighted by Gasteiger charge is -2.28. The van der Waals surface area contributed by atoms with Crippen molar-refractivity contribution < 1.29 is 4.74 Å². The highest BCUT2D eigenvalue weighted by atomic mass is 35.5. The molecular weight excluding hydrogens is 240 g/mol. The largest absolute Gasteiger partial charge is 0.374 e. The van der Waals surface area contributed by atoms with Gasteiger partial charge in [0.15, 0.2) is 5.82 Å². The molecule has 1 aliphatic heterocycles. The number of piperazine rings is 1. The molecule has 1 aromatic heterocycles. The Balaban J connectivity index is 2.12. The summed E-state index contributed by atoms with van der Waals surface area (Å²) in [5.41, 5.74) is 0. The molecule has 1 aromatic rings. The molecule has 0 atom stereocenters. The van der Waals surface area contributed by atoms with Crippen LogP contribution in [-0.4, -0.2) is 42.8 Å². The second-order valence-corrected chi connectivity index (χ2v) is 4.23. The molecule has 2 rings (SSSR count). The van der Waals surface area contributed by atoms with Crippen LogP contribution in [0.25, 0.3) is 0 Å². The van der Waals surface area contributed by atoms with Gasteiger partial charge in [0.1, 0.15) is 17.6 Å². The van der Waals surface area contributed by atoms with E-state index in [0.717, 1.165) is 32.0 Å². The number of nitrogens with one attached hydrogen (secondary N) is 1. The summed E-state index contributed by atoms with van der Waals surface area (Å²) in [6.07, 6.45) is 0. The van der Waals surface area contributed by atoms with Gasteiger partial charge in [0.2, 0.25) is 0 Å². The Morgan fingerprint density at radius 3 is 2.88 bits per heavy atom. The number of hydrogen-bond acceptors (Lipinski definition) is 5. The summed E-state index contributed by atoms with van der Waals surface area (Å²) in [6, 6.07) is 1.81. The van der Waals surface area contributed by atoms with Gasteiger partial charge in [-0.2, -0.15) is 0 Å². The predicted octanol–water partition coefficient (Wildman–Crippen LogP) is 1.08. The number of anilines is 1. The highest BCUT2D eigenvalue weighted by molar-refractivity contribution is 6.29. The Labute approximate surface area is 106 Å². The Morgan fingerprint density at radius 1 is 1.41 bits per heavy atom. The van der Waals surface area contributed by atoms with E-state index in [1.807, 2.05) is 13.0 Å². The van der Waals surface area contributed by atoms with Gasteiger partial charge in [0, 0.05) is 38.9 Å². The van der Waals surface area contributed by atoms with E-state index in [4.69, 9.17) is 16.3 Å². The fraction of sp³-hybridized carbons (Fsp3) is 0.636. The van der Waals surface area contributed by atoms with Crippen molar-refractivity contribution in [2.45, 2.75) is 13.5 Å². The van der Waals surface area contributed by atoms with Crippen molar-refractivity contribution >= 4 is 17.4 Å². The third-order valence-corrected chi connectivity index (χ3v) is 2.80. The SMILES string of the molecule is CCOCc1nc(Cl)cc(N2CCNCC2)n1. The van der Waals surface area contributed by atoms with Gasteiger partial charge in [-0.1, -0.05) is 11.6 Å². The third-order valence-electron chi connectivity index (χ3n) is 2.60. The standard InChI is InChI=1S/C11H17ClN4O/c1-2-17-8-10-14-9(12)7-11(15-10)16-5-3-13-4-6-16/h7,13H,2-6,8H2,1H3. The zero-order chi connectivity index (χ0) is 12.1.